The van der Waals surface area contributed by atoms with Crippen LogP contribution in [0.3, 0.4) is 0 Å². The standard InChI is InChI=1S/C18H20N2O4/c1-22-15-4-2-3-5-16(15)24-14-8-6-13(7-9-14)20-18(21)17-12-19-10-11-23-17/h2-9,17,19H,10-12H2,1H3,(H,20,21). The molecule has 1 aliphatic heterocycles. The molecule has 0 aromatic heterocycles. The average molecular weight is 328 g/mol. The first-order chi connectivity index (χ1) is 11.8. The largest absolute Gasteiger partial charge is 0.493 e. The van der Waals surface area contributed by atoms with E-state index in [0.29, 0.717) is 36.1 Å². The number of para-hydroxylation sites is 2. The first-order valence-corrected chi connectivity index (χ1v) is 7.80. The van der Waals surface area contributed by atoms with Crippen molar-refractivity contribution in [3.05, 3.63) is 48.5 Å². The molecule has 0 bridgehead atoms. The van der Waals surface area contributed by atoms with Gasteiger partial charge < -0.3 is 24.8 Å². The molecule has 3 rings (SSSR count). The van der Waals surface area contributed by atoms with E-state index in [1.165, 1.54) is 0 Å². The lowest BCUT2D eigenvalue weighted by Gasteiger charge is -2.22. The van der Waals surface area contributed by atoms with Crippen molar-refractivity contribution < 1.29 is 19.0 Å². The molecule has 1 heterocycles. The zero-order valence-corrected chi connectivity index (χ0v) is 13.5. The summed E-state index contributed by atoms with van der Waals surface area (Å²) in [5, 5.41) is 5.97. The highest BCUT2D eigenvalue weighted by atomic mass is 16.5. The highest BCUT2D eigenvalue weighted by molar-refractivity contribution is 5.94. The fourth-order valence-electron chi connectivity index (χ4n) is 2.39. The van der Waals surface area contributed by atoms with Gasteiger partial charge in [-0.1, -0.05) is 12.1 Å². The van der Waals surface area contributed by atoms with E-state index in [-0.39, 0.29) is 5.91 Å². The fraction of sp³-hybridized carbons (Fsp3) is 0.278. The molecule has 1 fully saturated rings. The second-order valence-corrected chi connectivity index (χ2v) is 5.33. The van der Waals surface area contributed by atoms with Gasteiger partial charge in [0.25, 0.3) is 5.91 Å². The number of nitrogens with one attached hydrogen (secondary N) is 2. The van der Waals surface area contributed by atoms with E-state index in [4.69, 9.17) is 14.2 Å². The molecule has 1 unspecified atom stereocenters. The molecule has 2 aromatic rings. The third kappa shape index (κ3) is 4.04. The maximum Gasteiger partial charge on any atom is 0.254 e. The van der Waals surface area contributed by atoms with Gasteiger partial charge >= 0.3 is 0 Å². The maximum atomic E-state index is 12.1. The van der Waals surface area contributed by atoms with Crippen molar-refractivity contribution in [1.29, 1.82) is 0 Å². The van der Waals surface area contributed by atoms with Crippen LogP contribution in [0.4, 0.5) is 5.69 Å². The molecule has 24 heavy (non-hydrogen) atoms. The van der Waals surface area contributed by atoms with Crippen LogP contribution in [0.15, 0.2) is 48.5 Å². The molecule has 0 aliphatic carbocycles. The van der Waals surface area contributed by atoms with E-state index < -0.39 is 6.10 Å². The van der Waals surface area contributed by atoms with Crippen LogP contribution in [-0.2, 0) is 9.53 Å². The summed E-state index contributed by atoms with van der Waals surface area (Å²) in [6.45, 7) is 1.85. The lowest BCUT2D eigenvalue weighted by atomic mass is 10.2. The van der Waals surface area contributed by atoms with Crippen LogP contribution >= 0.6 is 0 Å². The number of methoxy groups -OCH3 is 1. The SMILES string of the molecule is COc1ccccc1Oc1ccc(NC(=O)C2CNCCO2)cc1. The lowest BCUT2D eigenvalue weighted by molar-refractivity contribution is -0.128. The number of anilines is 1. The van der Waals surface area contributed by atoms with Gasteiger partial charge in [0, 0.05) is 18.8 Å². The Morgan fingerprint density at radius 1 is 1.17 bits per heavy atom. The van der Waals surface area contributed by atoms with Crippen molar-refractivity contribution in [2.45, 2.75) is 6.10 Å². The Morgan fingerprint density at radius 3 is 2.58 bits per heavy atom. The van der Waals surface area contributed by atoms with Crippen molar-refractivity contribution in [1.82, 2.24) is 5.32 Å². The Balaban J connectivity index is 1.61. The van der Waals surface area contributed by atoms with Crippen LogP contribution < -0.4 is 20.1 Å². The third-order valence-electron chi connectivity index (χ3n) is 3.64. The Hall–Kier alpha value is -2.57. The minimum absolute atomic E-state index is 0.152. The topological polar surface area (TPSA) is 68.8 Å². The van der Waals surface area contributed by atoms with Crippen molar-refractivity contribution in [3.8, 4) is 17.2 Å². The second kappa shape index (κ2) is 7.81. The summed E-state index contributed by atoms with van der Waals surface area (Å²) in [7, 11) is 1.60. The van der Waals surface area contributed by atoms with E-state index in [1.54, 1.807) is 31.4 Å². The first-order valence-electron chi connectivity index (χ1n) is 7.80. The van der Waals surface area contributed by atoms with Crippen LogP contribution in [0.25, 0.3) is 0 Å². The summed E-state index contributed by atoms with van der Waals surface area (Å²) in [6.07, 6.45) is -0.455. The van der Waals surface area contributed by atoms with Crippen LogP contribution in [0.2, 0.25) is 0 Å². The molecule has 1 amide bonds. The first kappa shape index (κ1) is 16.3. The van der Waals surface area contributed by atoms with Gasteiger partial charge in [0.15, 0.2) is 11.5 Å². The third-order valence-corrected chi connectivity index (χ3v) is 3.64. The number of carbonyl (C=O) groups is 1. The number of morpholine rings is 1. The van der Waals surface area contributed by atoms with Crippen LogP contribution in [-0.4, -0.2) is 38.8 Å². The van der Waals surface area contributed by atoms with Gasteiger partial charge in [-0.05, 0) is 36.4 Å². The summed E-state index contributed by atoms with van der Waals surface area (Å²) >= 11 is 0. The molecular formula is C18H20N2O4. The predicted molar refractivity (Wildman–Crippen MR) is 90.7 cm³/mol. The molecule has 2 N–H and O–H groups in total. The molecule has 1 atom stereocenters. The zero-order valence-electron chi connectivity index (χ0n) is 13.5. The molecule has 126 valence electrons. The summed E-state index contributed by atoms with van der Waals surface area (Å²) in [5.74, 6) is 1.81. The smallest absolute Gasteiger partial charge is 0.254 e. The van der Waals surface area contributed by atoms with E-state index in [0.717, 1.165) is 6.54 Å². The number of amides is 1. The van der Waals surface area contributed by atoms with Gasteiger partial charge in [-0.3, -0.25) is 4.79 Å². The van der Waals surface area contributed by atoms with Crippen LogP contribution in [0.5, 0.6) is 17.2 Å². The molecule has 1 saturated heterocycles. The van der Waals surface area contributed by atoms with Gasteiger partial charge in [0.1, 0.15) is 11.9 Å². The Labute approximate surface area is 140 Å². The summed E-state index contributed by atoms with van der Waals surface area (Å²) < 4.78 is 16.5. The minimum Gasteiger partial charge on any atom is -0.493 e. The van der Waals surface area contributed by atoms with Crippen LogP contribution in [0.1, 0.15) is 0 Å². The summed E-state index contributed by atoms with van der Waals surface area (Å²) in [6, 6.07) is 14.6. The average Bonchev–Trinajstić information content (AvgIpc) is 2.64. The van der Waals surface area contributed by atoms with Crippen LogP contribution in [0, 0.1) is 0 Å². The molecule has 1 aliphatic rings. The number of rotatable bonds is 5. The highest BCUT2D eigenvalue weighted by Crippen LogP contribution is 2.31. The van der Waals surface area contributed by atoms with Crippen molar-refractivity contribution >= 4 is 11.6 Å². The lowest BCUT2D eigenvalue weighted by Crippen LogP contribution is -2.45. The predicted octanol–water partition coefficient (Wildman–Crippen LogP) is 2.41. The Bertz CT molecular complexity index is 682. The van der Waals surface area contributed by atoms with E-state index in [9.17, 15) is 4.79 Å². The number of benzene rings is 2. The number of ether oxygens (including phenoxy) is 3. The quantitative estimate of drug-likeness (QED) is 0.882. The van der Waals surface area contributed by atoms with Gasteiger partial charge in [-0.2, -0.15) is 0 Å². The highest BCUT2D eigenvalue weighted by Gasteiger charge is 2.21. The maximum absolute atomic E-state index is 12.1. The number of hydrogen-bond donors (Lipinski definition) is 2. The van der Waals surface area contributed by atoms with Gasteiger partial charge in [-0.15, -0.1) is 0 Å². The summed E-state index contributed by atoms with van der Waals surface area (Å²) in [4.78, 5) is 12.1. The summed E-state index contributed by atoms with van der Waals surface area (Å²) in [5.41, 5.74) is 0.696. The van der Waals surface area contributed by atoms with E-state index in [1.807, 2.05) is 24.3 Å². The van der Waals surface area contributed by atoms with Gasteiger partial charge in [-0.25, -0.2) is 0 Å². The zero-order chi connectivity index (χ0) is 16.8. The normalized spacial score (nSPS) is 17.1. The fourth-order valence-corrected chi connectivity index (χ4v) is 2.39. The molecular weight excluding hydrogens is 308 g/mol. The second-order valence-electron chi connectivity index (χ2n) is 5.33. The van der Waals surface area contributed by atoms with Gasteiger partial charge in [0.05, 0.1) is 13.7 Å². The molecule has 0 saturated carbocycles. The Morgan fingerprint density at radius 2 is 1.92 bits per heavy atom. The van der Waals surface area contributed by atoms with Crippen molar-refractivity contribution in [2.75, 3.05) is 32.1 Å². The minimum atomic E-state index is -0.455. The molecule has 0 radical (unpaired) electrons. The molecule has 6 nitrogen and oxygen atoms in total. The number of hydrogen-bond acceptors (Lipinski definition) is 5. The van der Waals surface area contributed by atoms with E-state index in [2.05, 4.69) is 10.6 Å². The Kier molecular flexibility index (Phi) is 5.30. The van der Waals surface area contributed by atoms with Crippen molar-refractivity contribution in [3.63, 3.8) is 0 Å². The molecule has 6 heteroatoms. The van der Waals surface area contributed by atoms with E-state index >= 15 is 0 Å². The molecule has 2 aromatic carbocycles. The van der Waals surface area contributed by atoms with Gasteiger partial charge in [0.2, 0.25) is 0 Å². The monoisotopic (exact) mass is 328 g/mol. The number of carbonyl (C=O) groups excluding carboxylic acids is 1. The molecule has 0 spiro atoms. The van der Waals surface area contributed by atoms with Crippen molar-refractivity contribution in [2.24, 2.45) is 0 Å².